The SMILES string of the molecule is COc1ccc(OC)c(C(O)CNC(=O)c2cn[nH]c2-c2ccc(Cl)cc2)c1. The number of carbonyl (C=O) groups is 1. The molecule has 0 saturated carbocycles. The first-order valence-electron chi connectivity index (χ1n) is 8.51. The molecule has 0 aliphatic rings. The molecule has 1 atom stereocenters. The van der Waals surface area contributed by atoms with Crippen molar-refractivity contribution in [3.63, 3.8) is 0 Å². The number of hydrogen-bond acceptors (Lipinski definition) is 5. The fraction of sp³-hybridized carbons (Fsp3) is 0.200. The molecule has 28 heavy (non-hydrogen) atoms. The lowest BCUT2D eigenvalue weighted by Gasteiger charge is -2.16. The van der Waals surface area contributed by atoms with E-state index >= 15 is 0 Å². The molecule has 1 unspecified atom stereocenters. The Bertz CT molecular complexity index is 956. The minimum atomic E-state index is -0.972. The summed E-state index contributed by atoms with van der Waals surface area (Å²) in [5.74, 6) is 0.730. The minimum absolute atomic E-state index is 0.00635. The summed E-state index contributed by atoms with van der Waals surface area (Å²) in [6.45, 7) is -0.00635. The second-order valence-electron chi connectivity index (χ2n) is 6.00. The summed E-state index contributed by atoms with van der Waals surface area (Å²) in [5, 5.41) is 20.6. The molecule has 0 aliphatic heterocycles. The highest BCUT2D eigenvalue weighted by Crippen LogP contribution is 2.29. The number of methoxy groups -OCH3 is 2. The summed E-state index contributed by atoms with van der Waals surface area (Å²) in [6.07, 6.45) is 0.470. The van der Waals surface area contributed by atoms with E-state index in [2.05, 4.69) is 15.5 Å². The quantitative estimate of drug-likeness (QED) is 0.565. The number of carbonyl (C=O) groups excluding carboxylic acids is 1. The Hall–Kier alpha value is -3.03. The average molecular weight is 402 g/mol. The Morgan fingerprint density at radius 1 is 1.21 bits per heavy atom. The number of halogens is 1. The van der Waals surface area contributed by atoms with Crippen molar-refractivity contribution in [2.75, 3.05) is 20.8 Å². The van der Waals surface area contributed by atoms with Gasteiger partial charge in [-0.05, 0) is 30.3 Å². The van der Waals surface area contributed by atoms with Gasteiger partial charge in [0.2, 0.25) is 0 Å². The number of aromatic nitrogens is 2. The van der Waals surface area contributed by atoms with Gasteiger partial charge in [-0.2, -0.15) is 5.10 Å². The number of aliphatic hydroxyl groups is 1. The third-order valence-corrected chi connectivity index (χ3v) is 4.52. The van der Waals surface area contributed by atoms with Gasteiger partial charge in [-0.25, -0.2) is 0 Å². The summed E-state index contributed by atoms with van der Waals surface area (Å²) < 4.78 is 10.5. The van der Waals surface area contributed by atoms with E-state index < -0.39 is 6.10 Å². The maximum Gasteiger partial charge on any atom is 0.255 e. The molecular formula is C20H20ClN3O4. The zero-order chi connectivity index (χ0) is 20.1. The van der Waals surface area contributed by atoms with Crippen molar-refractivity contribution in [1.82, 2.24) is 15.5 Å². The highest BCUT2D eigenvalue weighted by atomic mass is 35.5. The number of H-pyrrole nitrogens is 1. The molecular weight excluding hydrogens is 382 g/mol. The second kappa shape index (κ2) is 8.77. The first-order chi connectivity index (χ1) is 13.5. The van der Waals surface area contributed by atoms with Gasteiger partial charge in [0, 0.05) is 22.7 Å². The van der Waals surface area contributed by atoms with Crippen LogP contribution in [0.1, 0.15) is 22.0 Å². The third-order valence-electron chi connectivity index (χ3n) is 4.27. The smallest absolute Gasteiger partial charge is 0.255 e. The Labute approximate surface area is 167 Å². The minimum Gasteiger partial charge on any atom is -0.497 e. The lowest BCUT2D eigenvalue weighted by Crippen LogP contribution is -2.28. The summed E-state index contributed by atoms with van der Waals surface area (Å²) in [5.41, 5.74) is 2.24. The molecule has 2 aromatic carbocycles. The predicted molar refractivity (Wildman–Crippen MR) is 106 cm³/mol. The monoisotopic (exact) mass is 401 g/mol. The standard InChI is InChI=1S/C20H20ClN3O4/c1-27-14-7-8-18(28-2)15(9-14)17(25)11-22-20(26)16-10-23-24-19(16)12-3-5-13(21)6-4-12/h3-10,17,25H,11H2,1-2H3,(H,22,26)(H,23,24). The molecule has 7 nitrogen and oxygen atoms in total. The highest BCUT2D eigenvalue weighted by Gasteiger charge is 2.19. The van der Waals surface area contributed by atoms with Crippen molar-refractivity contribution in [1.29, 1.82) is 0 Å². The molecule has 3 aromatic rings. The molecule has 0 saturated heterocycles. The van der Waals surface area contributed by atoms with Crippen LogP contribution < -0.4 is 14.8 Å². The number of benzene rings is 2. The zero-order valence-electron chi connectivity index (χ0n) is 15.4. The fourth-order valence-electron chi connectivity index (χ4n) is 2.79. The molecule has 3 rings (SSSR count). The van der Waals surface area contributed by atoms with Crippen molar-refractivity contribution in [3.8, 4) is 22.8 Å². The maximum absolute atomic E-state index is 12.6. The summed E-state index contributed by atoms with van der Waals surface area (Å²) in [7, 11) is 3.05. The normalized spacial score (nSPS) is 11.7. The van der Waals surface area contributed by atoms with Crippen LogP contribution in [0.4, 0.5) is 0 Å². The molecule has 0 fully saturated rings. The number of aromatic amines is 1. The van der Waals surface area contributed by atoms with Crippen molar-refractivity contribution >= 4 is 17.5 Å². The van der Waals surface area contributed by atoms with E-state index in [1.54, 1.807) is 42.5 Å². The highest BCUT2D eigenvalue weighted by molar-refractivity contribution is 6.30. The number of nitrogens with one attached hydrogen (secondary N) is 2. The van der Waals surface area contributed by atoms with Crippen molar-refractivity contribution in [3.05, 3.63) is 64.8 Å². The molecule has 0 aliphatic carbocycles. The average Bonchev–Trinajstić information content (AvgIpc) is 3.21. The van der Waals surface area contributed by atoms with Crippen LogP contribution in [0.25, 0.3) is 11.3 Å². The number of hydrogen-bond donors (Lipinski definition) is 3. The third kappa shape index (κ3) is 4.27. The van der Waals surface area contributed by atoms with Gasteiger partial charge in [0.1, 0.15) is 17.6 Å². The van der Waals surface area contributed by atoms with Gasteiger partial charge in [0.25, 0.3) is 5.91 Å². The molecule has 0 spiro atoms. The largest absolute Gasteiger partial charge is 0.497 e. The van der Waals surface area contributed by atoms with Crippen LogP contribution in [-0.4, -0.2) is 42.0 Å². The summed E-state index contributed by atoms with van der Waals surface area (Å²) in [6, 6.07) is 12.2. The van der Waals surface area contributed by atoms with Crippen molar-refractivity contribution < 1.29 is 19.4 Å². The van der Waals surface area contributed by atoms with Crippen molar-refractivity contribution in [2.45, 2.75) is 6.10 Å². The van der Waals surface area contributed by atoms with E-state index in [1.807, 2.05) is 0 Å². The number of nitrogens with zero attached hydrogens (tertiary/aromatic N) is 1. The van der Waals surface area contributed by atoms with Crippen LogP contribution in [0.3, 0.4) is 0 Å². The van der Waals surface area contributed by atoms with E-state index in [4.69, 9.17) is 21.1 Å². The summed E-state index contributed by atoms with van der Waals surface area (Å²) >= 11 is 5.91. The van der Waals surface area contributed by atoms with Crippen LogP contribution in [0.2, 0.25) is 5.02 Å². The first kappa shape index (κ1) is 19.7. The van der Waals surface area contributed by atoms with Crippen LogP contribution >= 0.6 is 11.6 Å². The van der Waals surface area contributed by atoms with Crippen LogP contribution in [0.15, 0.2) is 48.7 Å². The van der Waals surface area contributed by atoms with E-state index in [1.165, 1.54) is 20.4 Å². The van der Waals surface area contributed by atoms with Gasteiger partial charge >= 0.3 is 0 Å². The van der Waals surface area contributed by atoms with E-state index in [0.29, 0.717) is 33.3 Å². The lowest BCUT2D eigenvalue weighted by molar-refractivity contribution is 0.0915. The Kier molecular flexibility index (Phi) is 6.18. The molecule has 0 radical (unpaired) electrons. The zero-order valence-corrected chi connectivity index (χ0v) is 16.2. The van der Waals surface area contributed by atoms with Gasteiger partial charge in [-0.15, -0.1) is 0 Å². The molecule has 146 valence electrons. The van der Waals surface area contributed by atoms with Crippen LogP contribution in [0.5, 0.6) is 11.5 Å². The number of amides is 1. The Balaban J connectivity index is 1.73. The molecule has 8 heteroatoms. The van der Waals surface area contributed by atoms with E-state index in [0.717, 1.165) is 5.56 Å². The van der Waals surface area contributed by atoms with Crippen LogP contribution in [-0.2, 0) is 0 Å². The Morgan fingerprint density at radius 3 is 2.64 bits per heavy atom. The summed E-state index contributed by atoms with van der Waals surface area (Å²) in [4.78, 5) is 12.6. The lowest BCUT2D eigenvalue weighted by atomic mass is 10.1. The molecule has 1 heterocycles. The van der Waals surface area contributed by atoms with Gasteiger partial charge in [0.15, 0.2) is 0 Å². The maximum atomic E-state index is 12.6. The molecule has 3 N–H and O–H groups in total. The second-order valence-corrected chi connectivity index (χ2v) is 6.44. The van der Waals surface area contributed by atoms with Gasteiger partial charge < -0.3 is 19.9 Å². The molecule has 0 bridgehead atoms. The van der Waals surface area contributed by atoms with Crippen molar-refractivity contribution in [2.24, 2.45) is 0 Å². The predicted octanol–water partition coefficient (Wildman–Crippen LogP) is 3.21. The van der Waals surface area contributed by atoms with Gasteiger partial charge in [-0.3, -0.25) is 9.89 Å². The number of ether oxygens (including phenoxy) is 2. The first-order valence-corrected chi connectivity index (χ1v) is 8.88. The van der Waals surface area contributed by atoms with Crippen LogP contribution in [0, 0.1) is 0 Å². The Morgan fingerprint density at radius 2 is 1.96 bits per heavy atom. The molecule has 1 amide bonds. The van der Waals surface area contributed by atoms with Gasteiger partial charge in [0.05, 0.1) is 31.7 Å². The fourth-order valence-corrected chi connectivity index (χ4v) is 2.92. The molecule has 1 aromatic heterocycles. The topological polar surface area (TPSA) is 96.5 Å². The van der Waals surface area contributed by atoms with E-state index in [-0.39, 0.29) is 12.5 Å². The number of rotatable bonds is 7. The number of aliphatic hydroxyl groups excluding tert-OH is 1. The van der Waals surface area contributed by atoms with E-state index in [9.17, 15) is 9.90 Å². The van der Waals surface area contributed by atoms with Gasteiger partial charge in [-0.1, -0.05) is 23.7 Å².